The monoisotopic (exact) mass is 464 g/mol. The first-order valence-electron chi connectivity index (χ1n) is 11.6. The highest BCUT2D eigenvalue weighted by Crippen LogP contribution is 2.34. The quantitative estimate of drug-likeness (QED) is 0.478. The average molecular weight is 465 g/mol. The largest absolute Gasteiger partial charge is 0.477 e. The van der Waals surface area contributed by atoms with Crippen molar-refractivity contribution in [3.05, 3.63) is 36.3 Å². The maximum atomic E-state index is 11.8. The first-order valence-corrected chi connectivity index (χ1v) is 11.6. The fourth-order valence-corrected chi connectivity index (χ4v) is 4.91. The summed E-state index contributed by atoms with van der Waals surface area (Å²) < 4.78 is 1.85. The SMILES string of the molecule is NC(=O)CN1CCN(c2ccc(Nc3ncc4cc(C(=O)O)n(C5CCCC5)c4n3)nc2)CC1. The molecule has 3 aromatic rings. The van der Waals surface area contributed by atoms with Gasteiger partial charge >= 0.3 is 5.97 Å². The third-order valence-electron chi connectivity index (χ3n) is 6.59. The van der Waals surface area contributed by atoms with Gasteiger partial charge in [-0.2, -0.15) is 4.98 Å². The molecule has 4 heterocycles. The summed E-state index contributed by atoms with van der Waals surface area (Å²) in [6, 6.07) is 5.65. The van der Waals surface area contributed by atoms with Crippen LogP contribution in [0.15, 0.2) is 30.6 Å². The van der Waals surface area contributed by atoms with Crippen LogP contribution in [0.1, 0.15) is 42.2 Å². The van der Waals surface area contributed by atoms with Crippen LogP contribution in [-0.2, 0) is 4.79 Å². The van der Waals surface area contributed by atoms with E-state index in [1.54, 1.807) is 18.5 Å². The molecule has 0 atom stereocenters. The van der Waals surface area contributed by atoms with Crippen molar-refractivity contribution in [3.63, 3.8) is 0 Å². The van der Waals surface area contributed by atoms with Crippen molar-refractivity contribution in [1.29, 1.82) is 0 Å². The fourth-order valence-electron chi connectivity index (χ4n) is 4.91. The summed E-state index contributed by atoms with van der Waals surface area (Å²) in [6.45, 7) is 3.43. The van der Waals surface area contributed by atoms with Gasteiger partial charge in [0, 0.05) is 43.8 Å². The van der Waals surface area contributed by atoms with Crippen LogP contribution in [0.5, 0.6) is 0 Å². The van der Waals surface area contributed by atoms with Gasteiger partial charge in [-0.25, -0.2) is 14.8 Å². The standard InChI is InChI=1S/C23H28N8O3/c24-19(32)14-29-7-9-30(10-8-29)17-5-6-20(25-13-17)27-23-26-12-15-11-18(22(33)34)31(21(15)28-23)16-3-1-2-4-16/h5-6,11-13,16H,1-4,7-10,14H2,(H2,24,32)(H,33,34)(H,25,26,27,28). The van der Waals surface area contributed by atoms with E-state index in [4.69, 9.17) is 5.73 Å². The van der Waals surface area contributed by atoms with Crippen LogP contribution in [-0.4, -0.2) is 74.1 Å². The van der Waals surface area contributed by atoms with Crippen molar-refractivity contribution in [3.8, 4) is 0 Å². The highest BCUT2D eigenvalue weighted by molar-refractivity contribution is 5.93. The molecule has 0 aromatic carbocycles. The minimum absolute atomic E-state index is 0.146. The van der Waals surface area contributed by atoms with Crippen molar-refractivity contribution in [2.45, 2.75) is 31.7 Å². The van der Waals surface area contributed by atoms with E-state index >= 15 is 0 Å². The van der Waals surface area contributed by atoms with Crippen molar-refractivity contribution in [2.24, 2.45) is 5.73 Å². The zero-order chi connectivity index (χ0) is 23.7. The third-order valence-corrected chi connectivity index (χ3v) is 6.59. The number of aromatic nitrogens is 4. The Bertz CT molecular complexity index is 1190. The molecule has 5 rings (SSSR count). The van der Waals surface area contributed by atoms with Crippen molar-refractivity contribution >= 4 is 40.4 Å². The smallest absolute Gasteiger partial charge is 0.352 e. The number of carbonyl (C=O) groups excluding carboxylic acids is 1. The van der Waals surface area contributed by atoms with Crippen molar-refractivity contribution < 1.29 is 14.7 Å². The molecule has 0 spiro atoms. The van der Waals surface area contributed by atoms with Gasteiger partial charge in [-0.05, 0) is 31.0 Å². The summed E-state index contributed by atoms with van der Waals surface area (Å²) in [5.74, 6) is -0.275. The Morgan fingerprint density at radius 3 is 2.50 bits per heavy atom. The molecule has 4 N–H and O–H groups in total. The zero-order valence-electron chi connectivity index (χ0n) is 18.9. The molecule has 1 saturated heterocycles. The Balaban J connectivity index is 1.31. The first kappa shape index (κ1) is 22.1. The normalized spacial score (nSPS) is 17.4. The minimum Gasteiger partial charge on any atom is -0.477 e. The van der Waals surface area contributed by atoms with E-state index in [1.807, 2.05) is 21.6 Å². The topological polar surface area (TPSA) is 142 Å². The Kier molecular flexibility index (Phi) is 6.01. The van der Waals surface area contributed by atoms with Crippen LogP contribution in [0.4, 0.5) is 17.5 Å². The Labute approximate surface area is 196 Å². The molecule has 0 radical (unpaired) electrons. The number of fused-ring (bicyclic) bond motifs is 1. The molecule has 3 aromatic heterocycles. The van der Waals surface area contributed by atoms with Crippen LogP contribution in [0, 0.1) is 0 Å². The van der Waals surface area contributed by atoms with E-state index in [2.05, 4.69) is 25.2 Å². The molecule has 0 bridgehead atoms. The second-order valence-electron chi connectivity index (χ2n) is 8.87. The highest BCUT2D eigenvalue weighted by atomic mass is 16.4. The van der Waals surface area contributed by atoms with Crippen molar-refractivity contribution in [1.82, 2.24) is 24.4 Å². The maximum absolute atomic E-state index is 11.8. The number of amides is 1. The second kappa shape index (κ2) is 9.26. The van der Waals surface area contributed by atoms with Gasteiger partial charge in [-0.3, -0.25) is 9.69 Å². The molecular formula is C23H28N8O3. The number of nitrogens with two attached hydrogens (primary N) is 1. The number of piperazine rings is 1. The van der Waals surface area contributed by atoms with Gasteiger partial charge in [0.15, 0.2) is 0 Å². The number of hydrogen-bond acceptors (Lipinski definition) is 8. The summed E-state index contributed by atoms with van der Waals surface area (Å²) in [4.78, 5) is 40.7. The van der Waals surface area contributed by atoms with Crippen molar-refractivity contribution in [2.75, 3.05) is 42.9 Å². The Hall–Kier alpha value is -3.73. The average Bonchev–Trinajstić information content (AvgIpc) is 3.47. The molecule has 178 valence electrons. The lowest BCUT2D eigenvalue weighted by Crippen LogP contribution is -2.48. The number of hydrogen-bond donors (Lipinski definition) is 3. The summed E-state index contributed by atoms with van der Waals surface area (Å²) >= 11 is 0. The lowest BCUT2D eigenvalue weighted by molar-refractivity contribution is -0.119. The molecule has 1 aliphatic heterocycles. The predicted octanol–water partition coefficient (Wildman–Crippen LogP) is 1.99. The minimum atomic E-state index is -0.952. The highest BCUT2D eigenvalue weighted by Gasteiger charge is 2.25. The molecule has 11 nitrogen and oxygen atoms in total. The van der Waals surface area contributed by atoms with Crippen LogP contribution >= 0.6 is 0 Å². The first-order chi connectivity index (χ1) is 16.5. The van der Waals surface area contributed by atoms with E-state index in [9.17, 15) is 14.7 Å². The zero-order valence-corrected chi connectivity index (χ0v) is 18.9. The van der Waals surface area contributed by atoms with Crippen LogP contribution in [0.2, 0.25) is 0 Å². The molecule has 1 amide bonds. The Morgan fingerprint density at radius 1 is 1.09 bits per heavy atom. The van der Waals surface area contributed by atoms with Gasteiger partial charge in [0.25, 0.3) is 0 Å². The number of nitrogens with one attached hydrogen (secondary N) is 1. The number of rotatable bonds is 7. The number of nitrogens with zero attached hydrogens (tertiary/aromatic N) is 6. The number of carboxylic acids is 1. The van der Waals surface area contributed by atoms with E-state index in [0.717, 1.165) is 57.5 Å². The molecule has 1 saturated carbocycles. The molecule has 2 aliphatic rings. The Morgan fingerprint density at radius 2 is 1.85 bits per heavy atom. The third kappa shape index (κ3) is 4.51. The maximum Gasteiger partial charge on any atom is 0.352 e. The van der Waals surface area contributed by atoms with Gasteiger partial charge in [-0.15, -0.1) is 0 Å². The number of anilines is 3. The number of primary amides is 1. The van der Waals surface area contributed by atoms with Gasteiger partial charge in [0.1, 0.15) is 17.2 Å². The molecule has 34 heavy (non-hydrogen) atoms. The molecule has 11 heteroatoms. The number of aromatic carboxylic acids is 1. The number of carbonyl (C=O) groups is 2. The number of carboxylic acid groups (broad SMARTS) is 1. The summed E-state index contributed by atoms with van der Waals surface area (Å²) in [7, 11) is 0. The van der Waals surface area contributed by atoms with Gasteiger partial charge < -0.3 is 25.6 Å². The van der Waals surface area contributed by atoms with Gasteiger partial charge in [0.05, 0.1) is 18.4 Å². The van der Waals surface area contributed by atoms with E-state index in [1.165, 1.54) is 0 Å². The van der Waals surface area contributed by atoms with Gasteiger partial charge in [-0.1, -0.05) is 12.8 Å². The summed E-state index contributed by atoms with van der Waals surface area (Å²) in [5, 5.41) is 13.6. The van der Waals surface area contributed by atoms with E-state index in [-0.39, 0.29) is 24.2 Å². The molecule has 0 unspecified atom stereocenters. The molecule has 2 fully saturated rings. The number of pyridine rings is 1. The molecule has 1 aliphatic carbocycles. The lowest BCUT2D eigenvalue weighted by atomic mass is 10.2. The van der Waals surface area contributed by atoms with Crippen LogP contribution in [0.25, 0.3) is 11.0 Å². The van der Waals surface area contributed by atoms with E-state index in [0.29, 0.717) is 22.8 Å². The van der Waals surface area contributed by atoms with E-state index < -0.39 is 5.97 Å². The predicted molar refractivity (Wildman–Crippen MR) is 127 cm³/mol. The summed E-state index contributed by atoms with van der Waals surface area (Å²) in [5.41, 5.74) is 7.17. The van der Waals surface area contributed by atoms with Gasteiger partial charge in [0.2, 0.25) is 11.9 Å². The van der Waals surface area contributed by atoms with Crippen LogP contribution in [0.3, 0.4) is 0 Å². The second-order valence-corrected chi connectivity index (χ2v) is 8.87. The summed E-state index contributed by atoms with van der Waals surface area (Å²) in [6.07, 6.45) is 7.55. The fraction of sp³-hybridized carbons (Fsp3) is 0.435. The van der Waals surface area contributed by atoms with Crippen LogP contribution < -0.4 is 16.0 Å². The lowest BCUT2D eigenvalue weighted by Gasteiger charge is -2.35. The molecular weight excluding hydrogens is 436 g/mol.